The molecule has 0 N–H and O–H groups in total. The average Bonchev–Trinajstić information content (AvgIpc) is 2.76. The predicted molar refractivity (Wildman–Crippen MR) is 115 cm³/mol. The first-order valence-electron chi connectivity index (χ1n) is 10.1. The third kappa shape index (κ3) is 4.40. The van der Waals surface area contributed by atoms with Gasteiger partial charge in [-0.05, 0) is 37.1 Å². The van der Waals surface area contributed by atoms with Crippen molar-refractivity contribution in [2.24, 2.45) is 13.0 Å². The summed E-state index contributed by atoms with van der Waals surface area (Å²) in [7, 11) is 1.64. The number of nitrogens with zero attached hydrogens (tertiary/aromatic N) is 5. The average molecular weight is 416 g/mol. The fraction of sp³-hybridized carbons (Fsp3) is 0.476. The van der Waals surface area contributed by atoms with Gasteiger partial charge in [0.15, 0.2) is 0 Å². The van der Waals surface area contributed by atoms with E-state index < -0.39 is 0 Å². The molecular weight excluding hydrogens is 390 g/mol. The van der Waals surface area contributed by atoms with Gasteiger partial charge in [0.2, 0.25) is 5.91 Å². The number of piperidine rings is 1. The highest BCUT2D eigenvalue weighted by atomic mass is 35.5. The van der Waals surface area contributed by atoms with Crippen molar-refractivity contribution in [2.45, 2.75) is 12.8 Å². The summed E-state index contributed by atoms with van der Waals surface area (Å²) in [6.45, 7) is 4.59. The number of aromatic nitrogens is 2. The molecule has 2 aliphatic heterocycles. The largest absolute Gasteiger partial charge is 0.369 e. The number of rotatable bonds is 3. The van der Waals surface area contributed by atoms with Crippen LogP contribution in [-0.2, 0) is 11.8 Å². The summed E-state index contributed by atoms with van der Waals surface area (Å²) in [6, 6.07) is 9.45. The second-order valence-corrected chi connectivity index (χ2v) is 8.19. The number of amides is 1. The van der Waals surface area contributed by atoms with Crippen LogP contribution >= 0.6 is 11.6 Å². The van der Waals surface area contributed by atoms with Crippen molar-refractivity contribution in [1.82, 2.24) is 14.7 Å². The summed E-state index contributed by atoms with van der Waals surface area (Å²) in [4.78, 5) is 31.4. The van der Waals surface area contributed by atoms with Gasteiger partial charge in [0, 0.05) is 63.1 Å². The second-order valence-electron chi connectivity index (χ2n) is 7.75. The molecule has 0 saturated carbocycles. The zero-order valence-corrected chi connectivity index (χ0v) is 17.4. The van der Waals surface area contributed by atoms with Gasteiger partial charge in [0.25, 0.3) is 5.56 Å². The van der Waals surface area contributed by atoms with Crippen molar-refractivity contribution in [1.29, 1.82) is 0 Å². The Morgan fingerprint density at radius 3 is 2.45 bits per heavy atom. The number of benzene rings is 1. The van der Waals surface area contributed by atoms with Gasteiger partial charge in [-0.15, -0.1) is 0 Å². The van der Waals surface area contributed by atoms with Crippen molar-refractivity contribution >= 4 is 28.9 Å². The SMILES string of the molecule is Cn1ncc(N2CCCC(C(=O)N3CCN(c4ccc(Cl)cc4)CC3)C2)cc1=O. The number of hydrogen-bond donors (Lipinski definition) is 0. The molecule has 2 saturated heterocycles. The first-order chi connectivity index (χ1) is 14.0. The van der Waals surface area contributed by atoms with Gasteiger partial charge in [0.1, 0.15) is 0 Å². The molecule has 0 aliphatic carbocycles. The Morgan fingerprint density at radius 1 is 1.03 bits per heavy atom. The lowest BCUT2D eigenvalue weighted by molar-refractivity contribution is -0.136. The molecule has 8 heteroatoms. The zero-order chi connectivity index (χ0) is 20.4. The summed E-state index contributed by atoms with van der Waals surface area (Å²) < 4.78 is 1.32. The summed E-state index contributed by atoms with van der Waals surface area (Å²) >= 11 is 5.98. The van der Waals surface area contributed by atoms with Gasteiger partial charge in [-0.1, -0.05) is 11.6 Å². The number of hydrogen-bond acceptors (Lipinski definition) is 5. The fourth-order valence-electron chi connectivity index (χ4n) is 4.14. The molecule has 0 bridgehead atoms. The molecule has 1 unspecified atom stereocenters. The summed E-state index contributed by atoms with van der Waals surface area (Å²) in [5, 5.41) is 4.84. The lowest BCUT2D eigenvalue weighted by Crippen LogP contribution is -2.52. The van der Waals surface area contributed by atoms with Crippen LogP contribution < -0.4 is 15.4 Å². The minimum absolute atomic E-state index is 0.0325. The molecule has 1 amide bonds. The highest BCUT2D eigenvalue weighted by Gasteiger charge is 2.31. The smallest absolute Gasteiger partial charge is 0.268 e. The van der Waals surface area contributed by atoms with Gasteiger partial charge in [-0.2, -0.15) is 5.10 Å². The van der Waals surface area contributed by atoms with E-state index in [1.54, 1.807) is 19.3 Å². The molecule has 2 fully saturated rings. The van der Waals surface area contributed by atoms with Gasteiger partial charge >= 0.3 is 0 Å². The van der Waals surface area contributed by atoms with Gasteiger partial charge in [-0.25, -0.2) is 4.68 Å². The quantitative estimate of drug-likeness (QED) is 0.767. The molecule has 2 aromatic rings. The number of anilines is 2. The molecule has 1 aromatic carbocycles. The molecule has 29 heavy (non-hydrogen) atoms. The van der Waals surface area contributed by atoms with Gasteiger partial charge in [-0.3, -0.25) is 9.59 Å². The third-order valence-electron chi connectivity index (χ3n) is 5.87. The van der Waals surface area contributed by atoms with Gasteiger partial charge in [0.05, 0.1) is 17.8 Å². The number of piperazine rings is 1. The Hall–Kier alpha value is -2.54. The number of halogens is 1. The lowest BCUT2D eigenvalue weighted by Gasteiger charge is -2.40. The van der Waals surface area contributed by atoms with Crippen molar-refractivity contribution in [3.8, 4) is 0 Å². The van der Waals surface area contributed by atoms with Crippen LogP contribution in [0.15, 0.2) is 41.3 Å². The highest BCUT2D eigenvalue weighted by Crippen LogP contribution is 2.25. The monoisotopic (exact) mass is 415 g/mol. The van der Waals surface area contributed by atoms with E-state index >= 15 is 0 Å². The van der Waals surface area contributed by atoms with E-state index in [1.807, 2.05) is 29.2 Å². The molecule has 7 nitrogen and oxygen atoms in total. The van der Waals surface area contributed by atoms with Crippen LogP contribution in [0.2, 0.25) is 5.02 Å². The first-order valence-corrected chi connectivity index (χ1v) is 10.5. The summed E-state index contributed by atoms with van der Waals surface area (Å²) in [6.07, 6.45) is 3.54. The van der Waals surface area contributed by atoms with E-state index in [-0.39, 0.29) is 17.4 Å². The van der Waals surface area contributed by atoms with Crippen LogP contribution in [0.4, 0.5) is 11.4 Å². The van der Waals surface area contributed by atoms with E-state index in [0.29, 0.717) is 6.54 Å². The normalized spacial score (nSPS) is 20.1. The van der Waals surface area contributed by atoms with Crippen LogP contribution in [-0.4, -0.2) is 59.9 Å². The van der Waals surface area contributed by atoms with Crippen LogP contribution in [0.1, 0.15) is 12.8 Å². The molecule has 1 aromatic heterocycles. The molecule has 2 aliphatic rings. The van der Waals surface area contributed by atoms with Crippen LogP contribution in [0.3, 0.4) is 0 Å². The van der Waals surface area contributed by atoms with E-state index in [1.165, 1.54) is 4.68 Å². The lowest BCUT2D eigenvalue weighted by atomic mass is 9.96. The maximum atomic E-state index is 13.1. The Morgan fingerprint density at radius 2 is 1.76 bits per heavy atom. The number of aryl methyl sites for hydroxylation is 1. The Balaban J connectivity index is 1.36. The van der Waals surface area contributed by atoms with E-state index in [9.17, 15) is 9.59 Å². The van der Waals surface area contributed by atoms with Crippen molar-refractivity contribution in [3.05, 3.63) is 51.9 Å². The van der Waals surface area contributed by atoms with Crippen LogP contribution in [0.5, 0.6) is 0 Å². The van der Waals surface area contributed by atoms with E-state index in [4.69, 9.17) is 11.6 Å². The molecule has 0 radical (unpaired) electrons. The highest BCUT2D eigenvalue weighted by molar-refractivity contribution is 6.30. The fourth-order valence-corrected chi connectivity index (χ4v) is 4.27. The molecule has 3 heterocycles. The zero-order valence-electron chi connectivity index (χ0n) is 16.6. The number of carbonyl (C=O) groups excluding carboxylic acids is 1. The van der Waals surface area contributed by atoms with Gasteiger partial charge < -0.3 is 14.7 Å². The number of carbonyl (C=O) groups is 1. The minimum atomic E-state index is -0.130. The molecule has 0 spiro atoms. The molecular formula is C21H26ClN5O2. The third-order valence-corrected chi connectivity index (χ3v) is 6.12. The standard InChI is InChI=1S/C21H26ClN5O2/c1-24-20(28)13-19(14-23-24)27-8-2-3-16(15-27)21(29)26-11-9-25(10-12-26)18-6-4-17(22)5-7-18/h4-7,13-14,16H,2-3,8-12,15H2,1H3. The molecule has 4 rings (SSSR count). The van der Waals surface area contributed by atoms with Crippen molar-refractivity contribution in [3.63, 3.8) is 0 Å². The predicted octanol–water partition coefficient (Wildman–Crippen LogP) is 2.00. The van der Waals surface area contributed by atoms with Crippen LogP contribution in [0.25, 0.3) is 0 Å². The van der Waals surface area contributed by atoms with Crippen molar-refractivity contribution in [2.75, 3.05) is 49.1 Å². The minimum Gasteiger partial charge on any atom is -0.369 e. The van der Waals surface area contributed by atoms with Crippen LogP contribution in [0, 0.1) is 5.92 Å². The topological polar surface area (TPSA) is 61.7 Å². The van der Waals surface area contributed by atoms with Crippen molar-refractivity contribution < 1.29 is 4.79 Å². The second kappa shape index (κ2) is 8.45. The summed E-state index contributed by atoms with van der Waals surface area (Å²) in [5.74, 6) is 0.192. The Bertz CT molecular complexity index is 921. The summed E-state index contributed by atoms with van der Waals surface area (Å²) in [5.41, 5.74) is 1.82. The maximum absolute atomic E-state index is 13.1. The Kier molecular flexibility index (Phi) is 5.76. The molecule has 154 valence electrons. The van der Waals surface area contributed by atoms with E-state index in [2.05, 4.69) is 14.9 Å². The Labute approximate surface area is 175 Å². The van der Waals surface area contributed by atoms with E-state index in [0.717, 1.165) is 62.0 Å². The molecule has 1 atom stereocenters. The first kappa shape index (κ1) is 19.8. The maximum Gasteiger partial charge on any atom is 0.268 e.